The summed E-state index contributed by atoms with van der Waals surface area (Å²) in [7, 11) is 1.74. The third-order valence-electron chi connectivity index (χ3n) is 8.61. The highest BCUT2D eigenvalue weighted by Gasteiger charge is 2.30. The highest BCUT2D eigenvalue weighted by Crippen LogP contribution is 2.31. The van der Waals surface area contributed by atoms with Gasteiger partial charge in [0, 0.05) is 32.1 Å². The summed E-state index contributed by atoms with van der Waals surface area (Å²) < 4.78 is 11.6. The minimum Gasteiger partial charge on any atom is -0.492 e. The number of hydrogen-bond acceptors (Lipinski definition) is 8. The maximum Gasteiger partial charge on any atom is 0.412 e. The van der Waals surface area contributed by atoms with Crippen molar-refractivity contribution < 1.29 is 23.8 Å². The van der Waals surface area contributed by atoms with E-state index in [0.717, 1.165) is 36.5 Å². The highest BCUT2D eigenvalue weighted by molar-refractivity contribution is 5.95. The molecule has 1 aliphatic heterocycles. The zero-order chi connectivity index (χ0) is 34.4. The Morgan fingerprint density at radius 2 is 1.71 bits per heavy atom. The number of carbonyl (C=O) groups excluding carboxylic acids is 1. The number of nitrogens with zero attached hydrogens (tertiary/aromatic N) is 4. The number of aromatic nitrogens is 1. The van der Waals surface area contributed by atoms with Gasteiger partial charge in [0.05, 0.1) is 16.6 Å². The van der Waals surface area contributed by atoms with Crippen molar-refractivity contribution >= 4 is 34.6 Å². The molecule has 1 atom stereocenters. The highest BCUT2D eigenvalue weighted by atomic mass is 16.5. The Hall–Kier alpha value is -4.90. The number of likely N-dealkylation sites (tertiary alicyclic amines) is 1. The van der Waals surface area contributed by atoms with Crippen LogP contribution in [0.4, 0.5) is 16.5 Å². The number of carboxylic acid groups (broad SMARTS) is 1. The van der Waals surface area contributed by atoms with E-state index in [4.69, 9.17) is 9.15 Å². The number of nitrogens with one attached hydrogen (secondary N) is 1. The molecule has 1 fully saturated rings. The summed E-state index contributed by atoms with van der Waals surface area (Å²) in [5.41, 5.74) is 1.58. The fourth-order valence-corrected chi connectivity index (χ4v) is 6.17. The lowest BCUT2D eigenvalue weighted by molar-refractivity contribution is -0.131. The van der Waals surface area contributed by atoms with Gasteiger partial charge in [0.1, 0.15) is 18.4 Å². The van der Waals surface area contributed by atoms with Crippen molar-refractivity contribution in [2.24, 2.45) is 0 Å². The van der Waals surface area contributed by atoms with Gasteiger partial charge in [-0.2, -0.15) is 4.98 Å². The van der Waals surface area contributed by atoms with Gasteiger partial charge in [0.15, 0.2) is 0 Å². The molecule has 2 amide bonds. The summed E-state index contributed by atoms with van der Waals surface area (Å²) >= 11 is 0. The van der Waals surface area contributed by atoms with Crippen LogP contribution >= 0.6 is 0 Å². The van der Waals surface area contributed by atoms with Crippen LogP contribution in [0, 0.1) is 6.92 Å². The van der Waals surface area contributed by atoms with Crippen LogP contribution in [-0.2, 0) is 17.8 Å². The monoisotopic (exact) mass is 655 g/mol. The Bertz CT molecular complexity index is 1780. The Morgan fingerprint density at radius 1 is 1.02 bits per heavy atom. The fourth-order valence-electron chi connectivity index (χ4n) is 6.17. The first kappa shape index (κ1) is 34.4. The molecule has 1 aromatic heterocycles. The van der Waals surface area contributed by atoms with E-state index < -0.39 is 23.3 Å². The molecule has 11 heteroatoms. The quantitative estimate of drug-likeness (QED) is 0.191. The van der Waals surface area contributed by atoms with E-state index >= 15 is 0 Å². The van der Waals surface area contributed by atoms with Crippen molar-refractivity contribution in [2.75, 3.05) is 43.5 Å². The molecule has 0 bridgehead atoms. The number of rotatable bonds is 12. The minimum absolute atomic E-state index is 0.0983. The van der Waals surface area contributed by atoms with Crippen molar-refractivity contribution in [3.63, 3.8) is 0 Å². The third-order valence-corrected chi connectivity index (χ3v) is 8.61. The number of hydrogen-bond donors (Lipinski definition) is 2. The molecule has 2 heterocycles. The maximum atomic E-state index is 13.9. The summed E-state index contributed by atoms with van der Waals surface area (Å²) in [4.78, 5) is 49.2. The number of fused-ring (bicyclic) bond motifs is 1. The van der Waals surface area contributed by atoms with Crippen molar-refractivity contribution in [1.29, 1.82) is 0 Å². The normalized spacial score (nSPS) is 14.1. The van der Waals surface area contributed by atoms with Crippen LogP contribution in [0.5, 0.6) is 5.75 Å². The maximum absolute atomic E-state index is 13.9. The van der Waals surface area contributed by atoms with Gasteiger partial charge < -0.3 is 24.5 Å². The molecule has 2 N–H and O–H groups in total. The van der Waals surface area contributed by atoms with Crippen molar-refractivity contribution in [3.8, 4) is 5.75 Å². The van der Waals surface area contributed by atoms with Gasteiger partial charge in [-0.1, -0.05) is 42.5 Å². The molecule has 11 nitrogen and oxygen atoms in total. The Morgan fingerprint density at radius 3 is 2.35 bits per heavy atom. The largest absolute Gasteiger partial charge is 0.492 e. The first-order chi connectivity index (χ1) is 22.9. The number of ether oxygens (including phenoxy) is 1. The molecule has 48 heavy (non-hydrogen) atoms. The number of amides is 2. The predicted octanol–water partition coefficient (Wildman–Crippen LogP) is 5.94. The molecule has 0 saturated carbocycles. The number of aryl methyl sites for hydroxylation is 1. The van der Waals surface area contributed by atoms with Crippen LogP contribution in [0.1, 0.15) is 50.3 Å². The summed E-state index contributed by atoms with van der Waals surface area (Å²) in [5, 5.41) is 13.2. The van der Waals surface area contributed by atoms with Crippen molar-refractivity contribution in [1.82, 2.24) is 14.8 Å². The van der Waals surface area contributed by atoms with Gasteiger partial charge >= 0.3 is 11.7 Å². The van der Waals surface area contributed by atoms with Crippen molar-refractivity contribution in [3.05, 3.63) is 93.8 Å². The van der Waals surface area contributed by atoms with Crippen molar-refractivity contribution in [2.45, 2.75) is 65.1 Å². The topological polar surface area (TPSA) is 128 Å². The molecule has 1 unspecified atom stereocenters. The zero-order valence-electron chi connectivity index (χ0n) is 28.4. The lowest BCUT2D eigenvalue weighted by Gasteiger charge is -2.34. The van der Waals surface area contributed by atoms with Gasteiger partial charge in [-0.3, -0.25) is 14.6 Å². The van der Waals surface area contributed by atoms with E-state index in [1.54, 1.807) is 51.8 Å². The molecule has 0 spiro atoms. The van der Waals surface area contributed by atoms with E-state index in [9.17, 15) is 19.5 Å². The zero-order valence-corrected chi connectivity index (χ0v) is 28.4. The van der Waals surface area contributed by atoms with Crippen LogP contribution < -0.4 is 20.6 Å². The second-order valence-corrected chi connectivity index (χ2v) is 13.3. The lowest BCUT2D eigenvalue weighted by atomic mass is 10.0. The van der Waals surface area contributed by atoms with E-state index in [-0.39, 0.29) is 17.3 Å². The second-order valence-electron chi connectivity index (χ2n) is 13.3. The van der Waals surface area contributed by atoms with E-state index in [1.807, 2.05) is 54.6 Å². The van der Waals surface area contributed by atoms with E-state index in [2.05, 4.69) is 15.2 Å². The van der Waals surface area contributed by atoms with E-state index in [1.165, 1.54) is 17.7 Å². The molecule has 1 aliphatic rings. The van der Waals surface area contributed by atoms with E-state index in [0.29, 0.717) is 36.3 Å². The van der Waals surface area contributed by atoms with Gasteiger partial charge in [0.2, 0.25) is 5.91 Å². The number of anilines is 2. The average molecular weight is 656 g/mol. The standard InChI is InChI=1S/C37H45N5O6/c1-25-31(42(36(45)46)37(2,3)4)18-17-29-32(25)34(44)48-35(38-29)39-30(33(43)40(5)24-27-11-7-6-8-12-27)23-26-13-15-28(16-14-26)47-22-21-41-19-9-10-20-41/h6-8,11-18,30H,9-10,19-24H2,1-5H3,(H,38,39)(H,45,46). The number of benzene rings is 3. The van der Waals surface area contributed by atoms with Crippen LogP contribution in [0.15, 0.2) is 75.9 Å². The molecule has 4 aromatic rings. The molecule has 254 valence electrons. The summed E-state index contributed by atoms with van der Waals surface area (Å²) in [5.74, 6) is 0.558. The Kier molecular flexibility index (Phi) is 10.7. The molecular weight excluding hydrogens is 610 g/mol. The van der Waals surface area contributed by atoms with Crippen LogP contribution in [0.3, 0.4) is 0 Å². The first-order valence-electron chi connectivity index (χ1n) is 16.4. The predicted molar refractivity (Wildman–Crippen MR) is 187 cm³/mol. The van der Waals surface area contributed by atoms with Gasteiger partial charge in [-0.15, -0.1) is 0 Å². The lowest BCUT2D eigenvalue weighted by Crippen LogP contribution is -2.45. The second kappa shape index (κ2) is 14.9. The molecular formula is C37H45N5O6. The molecule has 1 saturated heterocycles. The van der Waals surface area contributed by atoms with Gasteiger partial charge in [-0.05, 0) is 94.6 Å². The molecule has 0 aliphatic carbocycles. The SMILES string of the molecule is Cc1c(N(C(=O)O)C(C)(C)C)ccc2nc(NC(Cc3ccc(OCCN4CCCC4)cc3)C(=O)N(C)Cc3ccccc3)oc(=O)c12. The van der Waals surface area contributed by atoms with Crippen LogP contribution in [0.2, 0.25) is 0 Å². The molecule has 5 rings (SSSR count). The first-order valence-corrected chi connectivity index (χ1v) is 16.4. The fraction of sp³-hybridized carbons (Fsp3) is 0.405. The Balaban J connectivity index is 1.39. The average Bonchev–Trinajstić information content (AvgIpc) is 3.55. The number of likely N-dealkylation sites (N-methyl/N-ethyl adjacent to an activating group) is 1. The third kappa shape index (κ3) is 8.32. The van der Waals surface area contributed by atoms with Gasteiger partial charge in [0.25, 0.3) is 6.01 Å². The molecule has 0 radical (unpaired) electrons. The van der Waals surface area contributed by atoms with Gasteiger partial charge in [-0.25, -0.2) is 9.59 Å². The van der Waals surface area contributed by atoms with Crippen LogP contribution in [0.25, 0.3) is 10.9 Å². The number of carbonyl (C=O) groups is 2. The Labute approximate surface area is 281 Å². The summed E-state index contributed by atoms with van der Waals surface area (Å²) in [6.07, 6.45) is 1.64. The smallest absolute Gasteiger partial charge is 0.412 e. The minimum atomic E-state index is -1.14. The summed E-state index contributed by atoms with van der Waals surface area (Å²) in [6.45, 7) is 11.2. The molecule has 3 aromatic carbocycles. The summed E-state index contributed by atoms with van der Waals surface area (Å²) in [6, 6.07) is 19.7. The van der Waals surface area contributed by atoms with Crippen LogP contribution in [-0.4, -0.2) is 76.8 Å².